The van der Waals surface area contributed by atoms with Crippen molar-refractivity contribution in [1.29, 1.82) is 0 Å². The van der Waals surface area contributed by atoms with Crippen molar-refractivity contribution in [2.45, 2.75) is 32.9 Å². The monoisotopic (exact) mass is 339 g/mol. The Kier molecular flexibility index (Phi) is 5.90. The van der Waals surface area contributed by atoms with Crippen LogP contribution in [0.15, 0.2) is 24.3 Å². The van der Waals surface area contributed by atoms with Gasteiger partial charge in [-0.25, -0.2) is 4.57 Å². The Morgan fingerprint density at radius 1 is 1.30 bits per heavy atom. The largest absolute Gasteiger partial charge is 0.480 e. The molecule has 2 atom stereocenters. The summed E-state index contributed by atoms with van der Waals surface area (Å²) < 4.78 is 18.9. The maximum atomic E-state index is 12.5. The van der Waals surface area contributed by atoms with Crippen LogP contribution in [0.1, 0.15) is 20.8 Å². The standard InChI is InChI=1S/C12H16Cl2NO4P/c1-8(2)15(9(3)12(16)17)20(14,18)19-11-6-4-10(13)5-7-11/h4-9H,1-3H3,(H,16,17)/t9-,20?/m0/s1. The molecule has 0 amide bonds. The van der Waals surface area contributed by atoms with Crippen LogP contribution in [0.2, 0.25) is 5.02 Å². The normalized spacial score (nSPS) is 15.9. The maximum absolute atomic E-state index is 12.5. The average Bonchev–Trinajstić information content (AvgIpc) is 2.30. The van der Waals surface area contributed by atoms with E-state index in [0.717, 1.165) is 4.67 Å². The van der Waals surface area contributed by atoms with Crippen molar-refractivity contribution in [1.82, 2.24) is 4.67 Å². The number of benzene rings is 1. The van der Waals surface area contributed by atoms with E-state index in [2.05, 4.69) is 0 Å². The number of carboxylic acid groups (broad SMARTS) is 1. The molecule has 0 bridgehead atoms. The second-order valence-electron chi connectivity index (χ2n) is 4.48. The lowest BCUT2D eigenvalue weighted by atomic mass is 10.3. The fourth-order valence-electron chi connectivity index (χ4n) is 1.72. The van der Waals surface area contributed by atoms with Crippen LogP contribution in [-0.4, -0.2) is 27.8 Å². The molecule has 1 unspecified atom stereocenters. The number of carbonyl (C=O) groups is 1. The summed E-state index contributed by atoms with van der Waals surface area (Å²) in [6.07, 6.45) is 0. The Balaban J connectivity index is 3.02. The highest BCUT2D eigenvalue weighted by Gasteiger charge is 2.39. The maximum Gasteiger partial charge on any atom is 0.412 e. The minimum Gasteiger partial charge on any atom is -0.480 e. The highest BCUT2D eigenvalue weighted by molar-refractivity contribution is 7.83. The second-order valence-corrected chi connectivity index (χ2v) is 7.75. The molecule has 0 radical (unpaired) electrons. The van der Waals surface area contributed by atoms with Gasteiger partial charge in [0, 0.05) is 22.3 Å². The third kappa shape index (κ3) is 4.38. The number of rotatable bonds is 6. The van der Waals surface area contributed by atoms with Gasteiger partial charge in [0.25, 0.3) is 0 Å². The molecule has 1 rings (SSSR count). The second kappa shape index (κ2) is 6.81. The molecule has 0 aliphatic rings. The lowest BCUT2D eigenvalue weighted by Gasteiger charge is -2.32. The zero-order valence-electron chi connectivity index (χ0n) is 11.3. The van der Waals surface area contributed by atoms with Crippen molar-refractivity contribution in [3.8, 4) is 5.75 Å². The van der Waals surface area contributed by atoms with Crippen LogP contribution >= 0.6 is 29.7 Å². The van der Waals surface area contributed by atoms with Gasteiger partial charge in [-0.2, -0.15) is 4.67 Å². The molecule has 1 aromatic carbocycles. The molecule has 0 saturated heterocycles. The number of halogens is 2. The minimum atomic E-state index is -3.82. The number of hydrogen-bond acceptors (Lipinski definition) is 3. The molecule has 0 aromatic heterocycles. The van der Waals surface area contributed by atoms with Crippen LogP contribution in [0.3, 0.4) is 0 Å². The zero-order chi connectivity index (χ0) is 15.5. The van der Waals surface area contributed by atoms with Gasteiger partial charge in [-0.3, -0.25) is 4.79 Å². The van der Waals surface area contributed by atoms with Crippen molar-refractivity contribution in [3.05, 3.63) is 29.3 Å². The van der Waals surface area contributed by atoms with Crippen LogP contribution in [0.5, 0.6) is 5.75 Å². The van der Waals surface area contributed by atoms with Crippen molar-refractivity contribution in [2.24, 2.45) is 0 Å². The van der Waals surface area contributed by atoms with Crippen LogP contribution in [-0.2, 0) is 9.36 Å². The Morgan fingerprint density at radius 3 is 2.20 bits per heavy atom. The smallest absolute Gasteiger partial charge is 0.412 e. The minimum absolute atomic E-state index is 0.260. The van der Waals surface area contributed by atoms with Crippen molar-refractivity contribution in [3.63, 3.8) is 0 Å². The SMILES string of the molecule is CC(C)N([C@@H](C)C(=O)O)P(=O)(Cl)Oc1ccc(Cl)cc1. The summed E-state index contributed by atoms with van der Waals surface area (Å²) in [5.74, 6) is -0.866. The molecule has 112 valence electrons. The Morgan fingerprint density at radius 2 is 1.80 bits per heavy atom. The topological polar surface area (TPSA) is 66.8 Å². The molecule has 8 heteroatoms. The first-order valence-electron chi connectivity index (χ1n) is 5.91. The van der Waals surface area contributed by atoms with E-state index in [0.29, 0.717) is 5.02 Å². The van der Waals surface area contributed by atoms with Gasteiger partial charge in [-0.05, 0) is 45.0 Å². The quantitative estimate of drug-likeness (QED) is 0.784. The van der Waals surface area contributed by atoms with E-state index in [1.165, 1.54) is 19.1 Å². The van der Waals surface area contributed by atoms with E-state index in [-0.39, 0.29) is 11.8 Å². The van der Waals surface area contributed by atoms with Crippen LogP contribution in [0.25, 0.3) is 0 Å². The molecule has 0 fully saturated rings. The van der Waals surface area contributed by atoms with E-state index < -0.39 is 18.9 Å². The molecular formula is C12H16Cl2NO4P. The van der Waals surface area contributed by atoms with E-state index in [4.69, 9.17) is 32.5 Å². The van der Waals surface area contributed by atoms with E-state index in [1.807, 2.05) is 0 Å². The van der Waals surface area contributed by atoms with Crippen LogP contribution in [0.4, 0.5) is 0 Å². The molecule has 0 spiro atoms. The van der Waals surface area contributed by atoms with Crippen molar-refractivity contribution < 1.29 is 19.0 Å². The van der Waals surface area contributed by atoms with Gasteiger partial charge in [-0.15, -0.1) is 0 Å². The Bertz CT molecular complexity index is 521. The van der Waals surface area contributed by atoms with Crippen LogP contribution in [0, 0.1) is 0 Å². The summed E-state index contributed by atoms with van der Waals surface area (Å²) in [5.41, 5.74) is 0. The highest BCUT2D eigenvalue weighted by Crippen LogP contribution is 2.57. The fourth-order valence-corrected chi connectivity index (χ4v) is 4.54. The van der Waals surface area contributed by atoms with Gasteiger partial charge in [0.15, 0.2) is 0 Å². The molecule has 0 heterocycles. The van der Waals surface area contributed by atoms with Crippen LogP contribution < -0.4 is 4.52 Å². The fraction of sp³-hybridized carbons (Fsp3) is 0.417. The predicted octanol–water partition coefficient (Wildman–Crippen LogP) is 4.25. The van der Waals surface area contributed by atoms with Crippen molar-refractivity contribution >= 4 is 35.7 Å². The van der Waals surface area contributed by atoms with Gasteiger partial charge in [0.05, 0.1) is 0 Å². The summed E-state index contributed by atoms with van der Waals surface area (Å²) in [6, 6.07) is 4.76. The average molecular weight is 340 g/mol. The zero-order valence-corrected chi connectivity index (χ0v) is 13.7. The Labute approximate surface area is 127 Å². The molecule has 5 nitrogen and oxygen atoms in total. The molecule has 0 saturated carbocycles. The van der Waals surface area contributed by atoms with Gasteiger partial charge in [0.1, 0.15) is 11.8 Å². The first kappa shape index (κ1) is 17.3. The molecule has 20 heavy (non-hydrogen) atoms. The predicted molar refractivity (Wildman–Crippen MR) is 79.6 cm³/mol. The summed E-state index contributed by atoms with van der Waals surface area (Å²) in [7, 11) is 0. The first-order valence-corrected chi connectivity index (χ1v) is 8.77. The molecule has 0 aliphatic carbocycles. The summed E-state index contributed by atoms with van der Waals surface area (Å²) in [5, 5.41) is 9.57. The van der Waals surface area contributed by atoms with Gasteiger partial charge in [0.2, 0.25) is 0 Å². The lowest BCUT2D eigenvalue weighted by Crippen LogP contribution is -2.40. The summed E-state index contributed by atoms with van der Waals surface area (Å²) in [4.78, 5) is 11.1. The van der Waals surface area contributed by atoms with Gasteiger partial charge >= 0.3 is 12.8 Å². The molecule has 0 aliphatic heterocycles. The Hall–Kier alpha value is -0.740. The number of carboxylic acids is 1. The summed E-state index contributed by atoms with van der Waals surface area (Å²) in [6.45, 7) is 0.969. The van der Waals surface area contributed by atoms with E-state index in [9.17, 15) is 9.36 Å². The first-order chi connectivity index (χ1) is 9.15. The lowest BCUT2D eigenvalue weighted by molar-refractivity contribution is -0.141. The van der Waals surface area contributed by atoms with E-state index >= 15 is 0 Å². The molecule has 1 N–H and O–H groups in total. The van der Waals surface area contributed by atoms with Gasteiger partial charge in [-0.1, -0.05) is 11.6 Å². The third-order valence-electron chi connectivity index (χ3n) is 2.59. The van der Waals surface area contributed by atoms with Crippen molar-refractivity contribution in [2.75, 3.05) is 0 Å². The molecular weight excluding hydrogens is 324 g/mol. The third-order valence-corrected chi connectivity index (χ3v) is 5.37. The molecule has 1 aromatic rings. The number of nitrogens with zero attached hydrogens (tertiary/aromatic N) is 1. The number of aliphatic carboxylic acids is 1. The van der Waals surface area contributed by atoms with E-state index in [1.54, 1.807) is 26.0 Å². The highest BCUT2D eigenvalue weighted by atomic mass is 35.7. The number of hydrogen-bond donors (Lipinski definition) is 1. The summed E-state index contributed by atoms with van der Waals surface area (Å²) >= 11 is 11.7. The van der Waals surface area contributed by atoms with Gasteiger partial charge < -0.3 is 9.63 Å².